The van der Waals surface area contributed by atoms with Crippen LogP contribution in [0.15, 0.2) is 73.1 Å². The van der Waals surface area contributed by atoms with E-state index in [2.05, 4.69) is 9.97 Å². The van der Waals surface area contributed by atoms with Crippen LogP contribution in [0.3, 0.4) is 0 Å². The first-order valence-electron chi connectivity index (χ1n) is 10.5. The van der Waals surface area contributed by atoms with Crippen LogP contribution in [0.2, 0.25) is 0 Å². The molecule has 3 heterocycles. The zero-order valence-electron chi connectivity index (χ0n) is 17.7. The molecule has 1 atom stereocenters. The standard InChI is InChI=1S/C24H24N4O4/c1-2-32-19-8-3-6-17(14-19)22(29)20-21(18-7-4-9-25-15-18)28(24(31)23(20)30)12-5-11-27-13-10-26-16-27/h3-4,6-10,13-16,21,29H,2,5,11-12H2,1H3/t21-/m1/s1. The van der Waals surface area contributed by atoms with Crippen molar-refractivity contribution in [1.82, 2.24) is 19.4 Å². The molecular formula is C24H24N4O4. The third-order valence-electron chi connectivity index (χ3n) is 5.33. The Hall–Kier alpha value is -3.94. The Labute approximate surface area is 185 Å². The maximum absolute atomic E-state index is 13.0. The van der Waals surface area contributed by atoms with Crippen LogP contribution >= 0.6 is 0 Å². The van der Waals surface area contributed by atoms with Crippen molar-refractivity contribution in [3.05, 3.63) is 84.2 Å². The van der Waals surface area contributed by atoms with Gasteiger partial charge >= 0.3 is 0 Å². The number of hydrogen-bond acceptors (Lipinski definition) is 6. The Morgan fingerprint density at radius 1 is 1.12 bits per heavy atom. The van der Waals surface area contributed by atoms with Gasteiger partial charge in [-0.15, -0.1) is 0 Å². The molecule has 0 spiro atoms. The van der Waals surface area contributed by atoms with E-state index in [1.165, 1.54) is 4.90 Å². The quantitative estimate of drug-likeness (QED) is 0.334. The molecule has 0 bridgehead atoms. The summed E-state index contributed by atoms with van der Waals surface area (Å²) in [7, 11) is 0. The molecule has 1 N–H and O–H groups in total. The van der Waals surface area contributed by atoms with Crippen molar-refractivity contribution >= 4 is 17.4 Å². The molecule has 0 radical (unpaired) electrons. The average Bonchev–Trinajstić information content (AvgIpc) is 3.42. The summed E-state index contributed by atoms with van der Waals surface area (Å²) in [6, 6.07) is 9.68. The van der Waals surface area contributed by atoms with Crippen LogP contribution in [0, 0.1) is 0 Å². The summed E-state index contributed by atoms with van der Waals surface area (Å²) in [6.45, 7) is 3.34. The lowest BCUT2D eigenvalue weighted by Crippen LogP contribution is -2.31. The SMILES string of the molecule is CCOc1cccc(C(O)=C2C(=O)C(=O)N(CCCn3ccnc3)[C@@H]2c2cccnc2)c1. The highest BCUT2D eigenvalue weighted by molar-refractivity contribution is 6.46. The Bertz CT molecular complexity index is 1130. The Morgan fingerprint density at radius 2 is 2.00 bits per heavy atom. The zero-order valence-corrected chi connectivity index (χ0v) is 17.7. The summed E-state index contributed by atoms with van der Waals surface area (Å²) in [6.07, 6.45) is 9.11. The number of aromatic nitrogens is 3. The fourth-order valence-electron chi connectivity index (χ4n) is 3.89. The molecule has 1 fully saturated rings. The minimum Gasteiger partial charge on any atom is -0.507 e. The van der Waals surface area contributed by atoms with Crippen molar-refractivity contribution < 1.29 is 19.4 Å². The monoisotopic (exact) mass is 432 g/mol. The third-order valence-corrected chi connectivity index (χ3v) is 5.33. The van der Waals surface area contributed by atoms with Gasteiger partial charge < -0.3 is 19.3 Å². The number of hydrogen-bond donors (Lipinski definition) is 1. The van der Waals surface area contributed by atoms with E-state index in [0.717, 1.165) is 0 Å². The van der Waals surface area contributed by atoms with Gasteiger partial charge in [0.05, 0.1) is 24.5 Å². The molecule has 1 aliphatic rings. The lowest BCUT2D eigenvalue weighted by Gasteiger charge is -2.25. The minimum atomic E-state index is -0.720. The molecule has 0 saturated carbocycles. The first-order chi connectivity index (χ1) is 15.6. The van der Waals surface area contributed by atoms with E-state index in [-0.39, 0.29) is 11.3 Å². The van der Waals surface area contributed by atoms with Gasteiger partial charge in [0.15, 0.2) is 0 Å². The number of aryl methyl sites for hydroxylation is 1. The zero-order chi connectivity index (χ0) is 22.5. The van der Waals surface area contributed by atoms with E-state index in [1.54, 1.807) is 61.3 Å². The topological polar surface area (TPSA) is 97.6 Å². The number of rotatable bonds is 8. The number of Topliss-reactive ketones (excluding diaryl/α,β-unsaturated/α-hetero) is 1. The van der Waals surface area contributed by atoms with Gasteiger partial charge in [-0.25, -0.2) is 4.98 Å². The van der Waals surface area contributed by atoms with Gasteiger partial charge in [0.25, 0.3) is 11.7 Å². The lowest BCUT2D eigenvalue weighted by molar-refractivity contribution is -0.139. The number of aliphatic hydroxyl groups is 1. The molecule has 8 heteroatoms. The van der Waals surface area contributed by atoms with Gasteiger partial charge in [-0.2, -0.15) is 0 Å². The second-order valence-electron chi connectivity index (χ2n) is 7.39. The maximum Gasteiger partial charge on any atom is 0.295 e. The van der Waals surface area contributed by atoms with Crippen molar-refractivity contribution in [2.75, 3.05) is 13.2 Å². The molecule has 0 unspecified atom stereocenters. The normalized spacial score (nSPS) is 17.7. The number of imidazole rings is 1. The number of nitrogens with zero attached hydrogens (tertiary/aromatic N) is 4. The Balaban J connectivity index is 1.71. The second-order valence-corrected chi connectivity index (χ2v) is 7.39. The van der Waals surface area contributed by atoms with Crippen molar-refractivity contribution in [3.63, 3.8) is 0 Å². The highest BCUT2D eigenvalue weighted by Gasteiger charge is 2.45. The molecule has 164 valence electrons. The number of carbonyl (C=O) groups excluding carboxylic acids is 2. The lowest BCUT2D eigenvalue weighted by atomic mass is 9.96. The van der Waals surface area contributed by atoms with E-state index in [1.807, 2.05) is 17.7 Å². The molecule has 8 nitrogen and oxygen atoms in total. The number of pyridine rings is 1. The number of ether oxygens (including phenoxy) is 1. The number of carbonyl (C=O) groups is 2. The summed E-state index contributed by atoms with van der Waals surface area (Å²) in [4.78, 5) is 35.7. The Kier molecular flexibility index (Phi) is 6.30. The third kappa shape index (κ3) is 4.25. The molecular weight excluding hydrogens is 408 g/mol. The molecule has 32 heavy (non-hydrogen) atoms. The van der Waals surface area contributed by atoms with Crippen LogP contribution in [0.25, 0.3) is 5.76 Å². The van der Waals surface area contributed by atoms with Gasteiger partial charge in [0.2, 0.25) is 0 Å². The number of benzene rings is 1. The molecule has 2 aromatic heterocycles. The summed E-state index contributed by atoms with van der Waals surface area (Å²) in [5, 5.41) is 11.1. The van der Waals surface area contributed by atoms with Crippen molar-refractivity contribution in [2.24, 2.45) is 0 Å². The van der Waals surface area contributed by atoms with Gasteiger partial charge in [-0.3, -0.25) is 14.6 Å². The second kappa shape index (κ2) is 9.47. The van der Waals surface area contributed by atoms with Gasteiger partial charge in [0.1, 0.15) is 11.5 Å². The minimum absolute atomic E-state index is 0.0549. The first-order valence-corrected chi connectivity index (χ1v) is 10.5. The summed E-state index contributed by atoms with van der Waals surface area (Å²) in [5.74, 6) is -0.993. The molecule has 1 amide bonds. The van der Waals surface area contributed by atoms with Gasteiger partial charge in [-0.1, -0.05) is 18.2 Å². The predicted octanol–water partition coefficient (Wildman–Crippen LogP) is 3.19. The van der Waals surface area contributed by atoms with Crippen LogP contribution in [-0.2, 0) is 16.1 Å². The Morgan fingerprint density at radius 3 is 2.72 bits per heavy atom. The fraction of sp³-hybridized carbons (Fsp3) is 0.250. The number of ketones is 1. The fourth-order valence-corrected chi connectivity index (χ4v) is 3.89. The van der Waals surface area contributed by atoms with Crippen LogP contribution in [0.5, 0.6) is 5.75 Å². The molecule has 3 aromatic rings. The van der Waals surface area contributed by atoms with Crippen molar-refractivity contribution in [3.8, 4) is 5.75 Å². The highest BCUT2D eigenvalue weighted by atomic mass is 16.5. The number of amides is 1. The molecule has 1 aliphatic heterocycles. The molecule has 1 saturated heterocycles. The number of likely N-dealkylation sites (tertiary alicyclic amines) is 1. The summed E-state index contributed by atoms with van der Waals surface area (Å²) < 4.78 is 7.43. The maximum atomic E-state index is 13.0. The highest BCUT2D eigenvalue weighted by Crippen LogP contribution is 2.39. The summed E-state index contributed by atoms with van der Waals surface area (Å²) >= 11 is 0. The van der Waals surface area contributed by atoms with Crippen LogP contribution in [0.1, 0.15) is 30.5 Å². The predicted molar refractivity (Wildman–Crippen MR) is 118 cm³/mol. The molecule has 0 aliphatic carbocycles. The van der Waals surface area contributed by atoms with Crippen molar-refractivity contribution in [1.29, 1.82) is 0 Å². The van der Waals surface area contributed by atoms with Gasteiger partial charge in [0, 0.05) is 43.4 Å². The van der Waals surface area contributed by atoms with Crippen LogP contribution in [-0.4, -0.2) is 49.4 Å². The van der Waals surface area contributed by atoms with E-state index >= 15 is 0 Å². The van der Waals surface area contributed by atoms with Crippen LogP contribution in [0.4, 0.5) is 0 Å². The molecule has 1 aromatic carbocycles. The van der Waals surface area contributed by atoms with E-state index in [0.29, 0.717) is 43.0 Å². The van der Waals surface area contributed by atoms with Crippen molar-refractivity contribution in [2.45, 2.75) is 25.9 Å². The van der Waals surface area contributed by atoms with Gasteiger partial charge in [-0.05, 0) is 37.1 Å². The first kappa shape index (κ1) is 21.3. The molecule has 4 rings (SSSR count). The largest absolute Gasteiger partial charge is 0.507 e. The number of aliphatic hydroxyl groups excluding tert-OH is 1. The average molecular weight is 432 g/mol. The van der Waals surface area contributed by atoms with Crippen LogP contribution < -0.4 is 4.74 Å². The summed E-state index contributed by atoms with van der Waals surface area (Å²) in [5.41, 5.74) is 1.14. The van der Waals surface area contributed by atoms with E-state index in [9.17, 15) is 14.7 Å². The smallest absolute Gasteiger partial charge is 0.295 e. The van der Waals surface area contributed by atoms with E-state index < -0.39 is 17.7 Å². The van der Waals surface area contributed by atoms with E-state index in [4.69, 9.17) is 4.74 Å².